The molecule has 2 rings (SSSR count). The molecular weight excluding hydrogens is 297 g/mol. The van der Waals surface area contributed by atoms with E-state index in [4.69, 9.17) is 4.42 Å². The van der Waals surface area contributed by atoms with Gasteiger partial charge in [-0.25, -0.2) is 12.8 Å². The van der Waals surface area contributed by atoms with Gasteiger partial charge in [-0.1, -0.05) is 6.07 Å². The zero-order valence-corrected chi connectivity index (χ0v) is 12.7. The van der Waals surface area contributed by atoms with Gasteiger partial charge in [-0.2, -0.15) is 0 Å². The predicted octanol–water partition coefficient (Wildman–Crippen LogP) is 2.64. The molecule has 0 amide bonds. The Bertz CT molecular complexity index is 781. The van der Waals surface area contributed by atoms with Crippen LogP contribution >= 0.6 is 0 Å². The van der Waals surface area contributed by atoms with E-state index in [1.165, 1.54) is 19.1 Å². The third-order valence-electron chi connectivity index (χ3n) is 3.20. The summed E-state index contributed by atoms with van der Waals surface area (Å²) < 4.78 is 45.8. The summed E-state index contributed by atoms with van der Waals surface area (Å²) in [5.74, 6) is -0.0229. The van der Waals surface area contributed by atoms with Crippen LogP contribution in [-0.2, 0) is 16.6 Å². The zero-order valence-electron chi connectivity index (χ0n) is 11.9. The number of aliphatic hydroxyl groups excluding tert-OH is 1. The molecule has 2 aromatic rings. The van der Waals surface area contributed by atoms with E-state index in [9.17, 15) is 17.9 Å². The van der Waals surface area contributed by atoms with E-state index >= 15 is 0 Å². The highest BCUT2D eigenvalue weighted by Crippen LogP contribution is 2.29. The van der Waals surface area contributed by atoms with Gasteiger partial charge in [0.25, 0.3) is 10.0 Å². The van der Waals surface area contributed by atoms with E-state index in [1.807, 2.05) is 0 Å². The van der Waals surface area contributed by atoms with Gasteiger partial charge in [-0.15, -0.1) is 0 Å². The maximum Gasteiger partial charge on any atom is 0.265 e. The summed E-state index contributed by atoms with van der Waals surface area (Å²) in [6, 6.07) is 3.83. The van der Waals surface area contributed by atoms with Crippen molar-refractivity contribution in [1.82, 2.24) is 0 Å². The van der Waals surface area contributed by atoms with Gasteiger partial charge in [0.05, 0.1) is 12.3 Å². The lowest BCUT2D eigenvalue weighted by atomic mass is 10.2. The molecule has 0 radical (unpaired) electrons. The SMILES string of the molecule is Cc1ccc(F)cc1NS(=O)(=O)c1c(C)oc(C)c1CO. The molecule has 0 spiro atoms. The number of nitrogens with one attached hydrogen (secondary N) is 1. The molecular formula is C14H16FNO4S. The van der Waals surface area contributed by atoms with Crippen molar-refractivity contribution < 1.29 is 22.3 Å². The molecule has 0 atom stereocenters. The Morgan fingerprint density at radius 1 is 1.24 bits per heavy atom. The normalized spacial score (nSPS) is 11.7. The van der Waals surface area contributed by atoms with E-state index in [1.54, 1.807) is 13.8 Å². The fraction of sp³-hybridized carbons (Fsp3) is 0.286. The number of hydrogen-bond donors (Lipinski definition) is 2. The Kier molecular flexibility index (Phi) is 4.06. The number of aryl methyl sites for hydroxylation is 3. The van der Waals surface area contributed by atoms with Gasteiger partial charge in [-0.05, 0) is 38.5 Å². The van der Waals surface area contributed by atoms with Crippen molar-refractivity contribution in [2.24, 2.45) is 0 Å². The summed E-state index contributed by atoms with van der Waals surface area (Å²) in [7, 11) is -3.98. The predicted molar refractivity (Wildman–Crippen MR) is 76.1 cm³/mol. The van der Waals surface area contributed by atoms with Gasteiger partial charge in [0.1, 0.15) is 22.2 Å². The Labute approximate surface area is 122 Å². The molecule has 114 valence electrons. The molecule has 1 aromatic carbocycles. The van der Waals surface area contributed by atoms with Crippen LogP contribution in [0.2, 0.25) is 0 Å². The number of sulfonamides is 1. The maximum atomic E-state index is 13.3. The lowest BCUT2D eigenvalue weighted by Crippen LogP contribution is -2.16. The van der Waals surface area contributed by atoms with Crippen molar-refractivity contribution >= 4 is 15.7 Å². The Balaban J connectivity index is 2.51. The zero-order chi connectivity index (χ0) is 15.8. The van der Waals surface area contributed by atoms with E-state index in [2.05, 4.69) is 4.72 Å². The van der Waals surface area contributed by atoms with Crippen LogP contribution in [0, 0.1) is 26.6 Å². The van der Waals surface area contributed by atoms with Gasteiger partial charge < -0.3 is 9.52 Å². The molecule has 0 aliphatic heterocycles. The second-order valence-corrected chi connectivity index (χ2v) is 6.36. The van der Waals surface area contributed by atoms with Crippen molar-refractivity contribution in [3.05, 3.63) is 46.7 Å². The first-order valence-electron chi connectivity index (χ1n) is 6.25. The molecule has 21 heavy (non-hydrogen) atoms. The first-order chi connectivity index (χ1) is 9.76. The molecule has 1 aromatic heterocycles. The van der Waals surface area contributed by atoms with Crippen LogP contribution in [0.3, 0.4) is 0 Å². The van der Waals surface area contributed by atoms with Crippen LogP contribution < -0.4 is 4.72 Å². The second kappa shape index (κ2) is 5.50. The second-order valence-electron chi connectivity index (χ2n) is 4.74. The third kappa shape index (κ3) is 2.93. The summed E-state index contributed by atoms with van der Waals surface area (Å²) in [5.41, 5.74) is 0.939. The summed E-state index contributed by atoms with van der Waals surface area (Å²) >= 11 is 0. The molecule has 0 aliphatic rings. The van der Waals surface area contributed by atoms with E-state index in [-0.39, 0.29) is 21.9 Å². The van der Waals surface area contributed by atoms with Crippen LogP contribution in [-0.4, -0.2) is 13.5 Å². The Morgan fingerprint density at radius 3 is 2.52 bits per heavy atom. The minimum atomic E-state index is -3.98. The Hall–Kier alpha value is -1.86. The first-order valence-corrected chi connectivity index (χ1v) is 7.73. The number of halogens is 1. The minimum Gasteiger partial charge on any atom is -0.465 e. The van der Waals surface area contributed by atoms with Crippen LogP contribution in [0.15, 0.2) is 27.5 Å². The maximum absolute atomic E-state index is 13.3. The smallest absolute Gasteiger partial charge is 0.265 e. The molecule has 0 saturated heterocycles. The monoisotopic (exact) mass is 313 g/mol. The van der Waals surface area contributed by atoms with Crippen LogP contribution in [0.4, 0.5) is 10.1 Å². The molecule has 0 saturated carbocycles. The van der Waals surface area contributed by atoms with Crippen molar-refractivity contribution in [2.75, 3.05) is 4.72 Å². The van der Waals surface area contributed by atoms with Crippen LogP contribution in [0.5, 0.6) is 0 Å². The highest BCUT2D eigenvalue weighted by atomic mass is 32.2. The van der Waals surface area contributed by atoms with Crippen molar-refractivity contribution in [2.45, 2.75) is 32.3 Å². The third-order valence-corrected chi connectivity index (χ3v) is 4.76. The number of benzene rings is 1. The van der Waals surface area contributed by atoms with E-state index in [0.29, 0.717) is 11.3 Å². The standard InChI is InChI=1S/C14H16FNO4S/c1-8-4-5-11(15)6-13(8)16-21(18,19)14-10(3)20-9(2)12(14)7-17/h4-6,16-17H,7H2,1-3H3. The van der Waals surface area contributed by atoms with Gasteiger partial charge >= 0.3 is 0 Å². The van der Waals surface area contributed by atoms with Crippen molar-refractivity contribution in [1.29, 1.82) is 0 Å². The first kappa shape index (κ1) is 15.5. The van der Waals surface area contributed by atoms with E-state index < -0.39 is 22.4 Å². The molecule has 1 heterocycles. The fourth-order valence-electron chi connectivity index (χ4n) is 2.14. The lowest BCUT2D eigenvalue weighted by Gasteiger charge is -2.11. The summed E-state index contributed by atoms with van der Waals surface area (Å²) in [6.45, 7) is 4.28. The molecule has 0 fully saturated rings. The summed E-state index contributed by atoms with van der Waals surface area (Å²) in [4.78, 5) is -0.105. The van der Waals surface area contributed by atoms with Gasteiger partial charge in [0, 0.05) is 5.56 Å². The topological polar surface area (TPSA) is 79.5 Å². The molecule has 7 heteroatoms. The lowest BCUT2D eigenvalue weighted by molar-refractivity contribution is 0.276. The minimum absolute atomic E-state index is 0.105. The highest BCUT2D eigenvalue weighted by Gasteiger charge is 2.27. The van der Waals surface area contributed by atoms with Gasteiger partial charge in [-0.3, -0.25) is 4.72 Å². The quantitative estimate of drug-likeness (QED) is 0.909. The van der Waals surface area contributed by atoms with Crippen LogP contribution in [0.1, 0.15) is 22.6 Å². The number of hydrogen-bond acceptors (Lipinski definition) is 4. The average Bonchev–Trinajstić information content (AvgIpc) is 2.68. The Morgan fingerprint density at radius 2 is 1.90 bits per heavy atom. The van der Waals surface area contributed by atoms with Crippen molar-refractivity contribution in [3.63, 3.8) is 0 Å². The molecule has 0 bridgehead atoms. The summed E-state index contributed by atoms with van der Waals surface area (Å²) in [6.07, 6.45) is 0. The largest absolute Gasteiger partial charge is 0.465 e. The average molecular weight is 313 g/mol. The van der Waals surface area contributed by atoms with Gasteiger partial charge in [0.2, 0.25) is 0 Å². The van der Waals surface area contributed by atoms with Crippen LogP contribution in [0.25, 0.3) is 0 Å². The van der Waals surface area contributed by atoms with E-state index in [0.717, 1.165) is 6.07 Å². The molecule has 0 aliphatic carbocycles. The van der Waals surface area contributed by atoms with Crippen molar-refractivity contribution in [3.8, 4) is 0 Å². The molecule has 0 unspecified atom stereocenters. The molecule has 2 N–H and O–H groups in total. The highest BCUT2D eigenvalue weighted by molar-refractivity contribution is 7.92. The van der Waals surface area contributed by atoms with Gasteiger partial charge in [0.15, 0.2) is 0 Å². The fourth-order valence-corrected chi connectivity index (χ4v) is 3.71. The summed E-state index contributed by atoms with van der Waals surface area (Å²) in [5, 5.41) is 9.33. The number of aliphatic hydroxyl groups is 1. The number of anilines is 1. The molecule has 5 nitrogen and oxygen atoms in total. The number of rotatable bonds is 4. The number of furan rings is 1.